The van der Waals surface area contributed by atoms with Crippen molar-refractivity contribution >= 4 is 33.8 Å². The fourth-order valence-corrected chi connectivity index (χ4v) is 6.97. The number of hydrogen-bond donors (Lipinski definition) is 2. The first-order chi connectivity index (χ1) is 15.6. The number of anilines is 2. The molecule has 0 saturated carbocycles. The minimum absolute atomic E-state index is 0.137. The van der Waals surface area contributed by atoms with Crippen LogP contribution in [0.5, 0.6) is 0 Å². The molecule has 2 aliphatic heterocycles. The van der Waals surface area contributed by atoms with Gasteiger partial charge in [0.1, 0.15) is 10.8 Å². The van der Waals surface area contributed by atoms with E-state index in [1.165, 1.54) is 32.4 Å². The summed E-state index contributed by atoms with van der Waals surface area (Å²) in [5.41, 5.74) is 2.75. The van der Waals surface area contributed by atoms with Crippen molar-refractivity contribution in [1.29, 1.82) is 0 Å². The lowest BCUT2D eigenvalue weighted by molar-refractivity contribution is 0.102. The molecule has 1 aromatic carbocycles. The van der Waals surface area contributed by atoms with Crippen LogP contribution < -0.4 is 10.6 Å². The summed E-state index contributed by atoms with van der Waals surface area (Å²) in [7, 11) is -1.33. The lowest BCUT2D eigenvalue weighted by Crippen LogP contribution is -2.31. The number of carbonyl (C=O) groups excluding carboxylic acids is 1. The Labute approximate surface area is 193 Å². The highest BCUT2D eigenvalue weighted by atomic mass is 32.3. The summed E-state index contributed by atoms with van der Waals surface area (Å²) in [5, 5.41) is 7.69. The van der Waals surface area contributed by atoms with Gasteiger partial charge in [-0.25, -0.2) is 9.38 Å². The Hall–Kier alpha value is -2.38. The number of aromatic nitrogens is 1. The van der Waals surface area contributed by atoms with E-state index in [0.717, 1.165) is 47.3 Å². The number of carbonyl (C=O) groups is 1. The Morgan fingerprint density at radius 3 is 2.56 bits per heavy atom. The highest BCUT2D eigenvalue weighted by Gasteiger charge is 2.32. The number of pyridine rings is 1. The summed E-state index contributed by atoms with van der Waals surface area (Å²) in [6.45, 7) is 8.86. The van der Waals surface area contributed by atoms with E-state index in [1.807, 2.05) is 42.6 Å². The second-order valence-electron chi connectivity index (χ2n) is 8.43. The van der Waals surface area contributed by atoms with E-state index < -0.39 is 10.2 Å². The maximum atomic E-state index is 12.8. The molecule has 2 N–H and O–H groups in total. The van der Waals surface area contributed by atoms with Crippen molar-refractivity contribution in [2.24, 2.45) is 4.40 Å². The van der Waals surface area contributed by atoms with Crippen LogP contribution in [-0.4, -0.2) is 59.7 Å². The van der Waals surface area contributed by atoms with Gasteiger partial charge in [-0.2, -0.15) is 0 Å². The van der Waals surface area contributed by atoms with Gasteiger partial charge < -0.3 is 15.5 Å². The molecule has 0 spiro atoms. The fourth-order valence-electron chi connectivity index (χ4n) is 4.47. The number of benzene rings is 1. The summed E-state index contributed by atoms with van der Waals surface area (Å²) in [5.74, 6) is 2.39. The summed E-state index contributed by atoms with van der Waals surface area (Å²) in [6, 6.07) is 11.3. The van der Waals surface area contributed by atoms with Crippen molar-refractivity contribution in [3.05, 3.63) is 47.5 Å². The molecule has 2 aliphatic rings. The molecule has 0 atom stereocenters. The van der Waals surface area contributed by atoms with Crippen LogP contribution in [0.25, 0.3) is 0 Å². The molecule has 0 aliphatic carbocycles. The van der Waals surface area contributed by atoms with Gasteiger partial charge in [0.25, 0.3) is 5.91 Å². The van der Waals surface area contributed by atoms with Crippen LogP contribution in [0.15, 0.2) is 45.8 Å². The Kier molecular flexibility index (Phi) is 7.48. The van der Waals surface area contributed by atoms with Gasteiger partial charge in [-0.05, 0) is 62.5 Å². The summed E-state index contributed by atoms with van der Waals surface area (Å²) < 4.78 is 4.95. The van der Waals surface area contributed by atoms with Crippen molar-refractivity contribution in [1.82, 2.24) is 9.88 Å². The Bertz CT molecular complexity index is 952. The molecule has 1 amide bonds. The minimum atomic E-state index is -1.33. The molecule has 0 unspecified atom stereocenters. The van der Waals surface area contributed by atoms with E-state index in [-0.39, 0.29) is 5.91 Å². The second kappa shape index (κ2) is 10.5. The number of rotatable bonds is 9. The minimum Gasteiger partial charge on any atom is -0.384 e. The van der Waals surface area contributed by atoms with Gasteiger partial charge in [0.05, 0.1) is 0 Å². The topological polar surface area (TPSA) is 69.6 Å². The number of hydrogen-bond acceptors (Lipinski definition) is 5. The van der Waals surface area contributed by atoms with Gasteiger partial charge in [0.2, 0.25) is 0 Å². The number of amides is 1. The first-order valence-electron chi connectivity index (χ1n) is 11.9. The first-order valence-corrected chi connectivity index (χ1v) is 13.8. The van der Waals surface area contributed by atoms with E-state index in [4.69, 9.17) is 9.38 Å². The largest absolute Gasteiger partial charge is 0.384 e. The molecular weight excluding hydrogens is 418 g/mol. The molecule has 0 radical (unpaired) electrons. The van der Waals surface area contributed by atoms with Crippen LogP contribution in [0.3, 0.4) is 0 Å². The maximum absolute atomic E-state index is 12.8. The normalized spacial score (nSPS) is 18.2. The van der Waals surface area contributed by atoms with Crippen LogP contribution in [0.1, 0.15) is 55.5 Å². The lowest BCUT2D eigenvalue weighted by atomic mass is 10.1. The Morgan fingerprint density at radius 2 is 1.84 bits per heavy atom. The average Bonchev–Trinajstić information content (AvgIpc) is 3.22. The zero-order chi connectivity index (χ0) is 22.4. The molecule has 1 aromatic heterocycles. The van der Waals surface area contributed by atoms with Gasteiger partial charge >= 0.3 is 0 Å². The van der Waals surface area contributed by atoms with Crippen molar-refractivity contribution < 1.29 is 4.79 Å². The van der Waals surface area contributed by atoms with Crippen molar-refractivity contribution in [3.8, 4) is 0 Å². The monoisotopic (exact) mass is 453 g/mol. The molecule has 1 fully saturated rings. The SMILES string of the molecule is CCS1(CC)N=Cc2c(NCCCN3CCCCC3)cc(NC(=O)c3ccccc3)nc21. The molecule has 3 heterocycles. The quantitative estimate of drug-likeness (QED) is 0.514. The zero-order valence-corrected chi connectivity index (χ0v) is 20.1. The standard InChI is InChI=1S/C25H35N5OS/c1-3-32(4-2)25-21(19-27-32)22(26-14-11-17-30-15-9-6-10-16-30)18-23(29-25)28-24(31)20-12-7-5-8-13-20/h5,7-8,12-13,18-19H,3-4,6,9-11,14-17H2,1-2H3,(H2,26,28,29,31). The molecule has 0 bridgehead atoms. The van der Waals surface area contributed by atoms with Crippen LogP contribution >= 0.6 is 10.2 Å². The fraction of sp³-hybridized carbons (Fsp3) is 0.480. The zero-order valence-electron chi connectivity index (χ0n) is 19.3. The predicted octanol–water partition coefficient (Wildman–Crippen LogP) is 5.17. The van der Waals surface area contributed by atoms with Crippen LogP contribution in [-0.2, 0) is 0 Å². The smallest absolute Gasteiger partial charge is 0.256 e. The molecule has 4 rings (SSSR count). The molecule has 6 nitrogen and oxygen atoms in total. The summed E-state index contributed by atoms with van der Waals surface area (Å²) in [6.07, 6.45) is 7.11. The molecule has 2 aromatic rings. The van der Waals surface area contributed by atoms with E-state index in [9.17, 15) is 4.79 Å². The number of nitrogens with one attached hydrogen (secondary N) is 2. The number of piperidine rings is 1. The molecule has 1 saturated heterocycles. The molecule has 7 heteroatoms. The average molecular weight is 454 g/mol. The van der Waals surface area contributed by atoms with E-state index >= 15 is 0 Å². The third-order valence-corrected chi connectivity index (χ3v) is 9.87. The predicted molar refractivity (Wildman–Crippen MR) is 137 cm³/mol. The van der Waals surface area contributed by atoms with Crippen molar-refractivity contribution in [2.45, 2.75) is 44.6 Å². The number of likely N-dealkylation sites (tertiary alicyclic amines) is 1. The highest BCUT2D eigenvalue weighted by molar-refractivity contribution is 8.33. The summed E-state index contributed by atoms with van der Waals surface area (Å²) in [4.78, 5) is 20.2. The van der Waals surface area contributed by atoms with Crippen molar-refractivity contribution in [2.75, 3.05) is 48.3 Å². The molecular formula is C25H35N5OS. The third-order valence-electron chi connectivity index (χ3n) is 6.42. The molecule has 172 valence electrons. The Balaban J connectivity index is 1.52. The van der Waals surface area contributed by atoms with Gasteiger partial charge in [-0.3, -0.25) is 4.79 Å². The highest BCUT2D eigenvalue weighted by Crippen LogP contribution is 2.60. The van der Waals surface area contributed by atoms with E-state index in [0.29, 0.717) is 11.4 Å². The second-order valence-corrected chi connectivity index (χ2v) is 11.9. The number of fused-ring (bicyclic) bond motifs is 1. The number of nitrogens with zero attached hydrogens (tertiary/aromatic N) is 3. The lowest BCUT2D eigenvalue weighted by Gasteiger charge is -2.30. The van der Waals surface area contributed by atoms with Crippen LogP contribution in [0.4, 0.5) is 11.5 Å². The van der Waals surface area contributed by atoms with Gasteiger partial charge in [0.15, 0.2) is 0 Å². The maximum Gasteiger partial charge on any atom is 0.256 e. The third kappa shape index (κ3) is 4.99. The van der Waals surface area contributed by atoms with Gasteiger partial charge in [-0.1, -0.05) is 38.5 Å². The van der Waals surface area contributed by atoms with Gasteiger partial charge in [0, 0.05) is 35.6 Å². The Morgan fingerprint density at radius 1 is 1.09 bits per heavy atom. The van der Waals surface area contributed by atoms with Crippen molar-refractivity contribution in [3.63, 3.8) is 0 Å². The summed E-state index contributed by atoms with van der Waals surface area (Å²) >= 11 is 0. The van der Waals surface area contributed by atoms with E-state index in [2.05, 4.69) is 29.4 Å². The van der Waals surface area contributed by atoms with Crippen LogP contribution in [0.2, 0.25) is 0 Å². The van der Waals surface area contributed by atoms with E-state index in [1.54, 1.807) is 0 Å². The van der Waals surface area contributed by atoms with Gasteiger partial charge in [-0.15, -0.1) is 10.2 Å². The first kappa shape index (κ1) is 22.8. The van der Waals surface area contributed by atoms with Crippen LogP contribution in [0, 0.1) is 0 Å². The molecule has 32 heavy (non-hydrogen) atoms.